The van der Waals surface area contributed by atoms with Crippen molar-refractivity contribution in [2.75, 3.05) is 5.32 Å². The molecule has 2 rings (SSSR count). The molecular formula is C16H23N5OS. The van der Waals surface area contributed by atoms with Gasteiger partial charge in [0.1, 0.15) is 0 Å². The van der Waals surface area contributed by atoms with E-state index in [2.05, 4.69) is 27.8 Å². The van der Waals surface area contributed by atoms with Gasteiger partial charge in [-0.2, -0.15) is 5.21 Å². The second-order valence-electron chi connectivity index (χ2n) is 5.53. The van der Waals surface area contributed by atoms with Gasteiger partial charge in [0, 0.05) is 12.1 Å². The van der Waals surface area contributed by atoms with Crippen LogP contribution in [0, 0.1) is 4.77 Å². The van der Waals surface area contributed by atoms with Crippen molar-refractivity contribution in [1.29, 1.82) is 0 Å². The van der Waals surface area contributed by atoms with Gasteiger partial charge in [0.15, 0.2) is 0 Å². The highest BCUT2D eigenvalue weighted by atomic mass is 32.1. The number of unbranched alkanes of at least 4 members (excludes halogenated alkanes) is 5. The normalized spacial score (nSPS) is 10.7. The van der Waals surface area contributed by atoms with Crippen molar-refractivity contribution in [2.45, 2.75) is 51.9 Å². The minimum absolute atomic E-state index is 0.0453. The average Bonchev–Trinajstić information content (AvgIpc) is 2.97. The second kappa shape index (κ2) is 9.19. The lowest BCUT2D eigenvalue weighted by molar-refractivity contribution is -0.116. The topological polar surface area (TPSA) is 75.6 Å². The van der Waals surface area contributed by atoms with E-state index in [1.165, 1.54) is 25.7 Å². The van der Waals surface area contributed by atoms with Gasteiger partial charge in [-0.25, -0.2) is 4.68 Å². The van der Waals surface area contributed by atoms with E-state index in [1.54, 1.807) is 4.68 Å². The Bertz CT molecular complexity index is 679. The second-order valence-corrected chi connectivity index (χ2v) is 5.90. The molecular weight excluding hydrogens is 310 g/mol. The number of aromatic amines is 1. The van der Waals surface area contributed by atoms with Crippen LogP contribution in [0.3, 0.4) is 0 Å². The number of carbonyl (C=O) groups is 1. The van der Waals surface area contributed by atoms with Gasteiger partial charge in [-0.05, 0) is 36.8 Å². The van der Waals surface area contributed by atoms with Crippen molar-refractivity contribution in [1.82, 2.24) is 20.2 Å². The monoisotopic (exact) mass is 333 g/mol. The highest BCUT2D eigenvalue weighted by Crippen LogP contribution is 2.15. The maximum Gasteiger partial charge on any atom is 0.242 e. The standard InChI is InChI=1S/C16H23N5OS/c1-2-3-4-5-6-7-11-15(22)17-13-9-8-10-14(12-13)21-16(23)18-19-20-21/h8-10,12H,2-7,11H2,1H3,(H,17,22)(H,18,20,23). The summed E-state index contributed by atoms with van der Waals surface area (Å²) in [5, 5.41) is 13.0. The van der Waals surface area contributed by atoms with Crippen molar-refractivity contribution in [3.05, 3.63) is 29.0 Å². The van der Waals surface area contributed by atoms with Crippen LogP contribution in [0.15, 0.2) is 24.3 Å². The van der Waals surface area contributed by atoms with Gasteiger partial charge < -0.3 is 5.32 Å². The molecule has 7 heteroatoms. The molecule has 1 heterocycles. The Kier molecular flexibility index (Phi) is 6.93. The van der Waals surface area contributed by atoms with E-state index < -0.39 is 0 Å². The molecule has 0 spiro atoms. The van der Waals surface area contributed by atoms with Gasteiger partial charge >= 0.3 is 0 Å². The molecule has 124 valence electrons. The third kappa shape index (κ3) is 5.59. The minimum atomic E-state index is 0.0453. The number of hydrogen-bond acceptors (Lipinski definition) is 4. The van der Waals surface area contributed by atoms with Gasteiger partial charge in [-0.3, -0.25) is 4.79 Å². The molecule has 0 atom stereocenters. The number of amides is 1. The highest BCUT2D eigenvalue weighted by molar-refractivity contribution is 7.71. The van der Waals surface area contributed by atoms with Crippen LogP contribution in [0.1, 0.15) is 51.9 Å². The lowest BCUT2D eigenvalue weighted by Gasteiger charge is -2.07. The van der Waals surface area contributed by atoms with E-state index in [9.17, 15) is 4.79 Å². The molecule has 0 saturated carbocycles. The molecule has 0 bridgehead atoms. The zero-order valence-corrected chi connectivity index (χ0v) is 14.2. The molecule has 0 fully saturated rings. The third-order valence-electron chi connectivity index (χ3n) is 3.62. The molecule has 2 aromatic rings. The summed E-state index contributed by atoms with van der Waals surface area (Å²) in [7, 11) is 0. The fourth-order valence-corrected chi connectivity index (χ4v) is 2.56. The first-order valence-electron chi connectivity index (χ1n) is 8.11. The predicted molar refractivity (Wildman–Crippen MR) is 93.2 cm³/mol. The summed E-state index contributed by atoms with van der Waals surface area (Å²) in [4.78, 5) is 12.0. The van der Waals surface area contributed by atoms with Crippen LogP contribution in [0.2, 0.25) is 0 Å². The fourth-order valence-electron chi connectivity index (χ4n) is 2.38. The van der Waals surface area contributed by atoms with Crippen LogP contribution in [0.5, 0.6) is 0 Å². The first-order valence-corrected chi connectivity index (χ1v) is 8.52. The van der Waals surface area contributed by atoms with E-state index in [4.69, 9.17) is 12.2 Å². The number of H-pyrrole nitrogens is 1. The van der Waals surface area contributed by atoms with Gasteiger partial charge in [0.2, 0.25) is 10.7 Å². The molecule has 1 amide bonds. The Balaban J connectivity index is 1.82. The highest BCUT2D eigenvalue weighted by Gasteiger charge is 2.05. The molecule has 1 aromatic heterocycles. The maximum atomic E-state index is 12.0. The molecule has 0 aliphatic rings. The first-order chi connectivity index (χ1) is 11.2. The number of nitrogens with one attached hydrogen (secondary N) is 2. The number of carbonyl (C=O) groups excluding carboxylic acids is 1. The van der Waals surface area contributed by atoms with Crippen molar-refractivity contribution in [2.24, 2.45) is 0 Å². The Hall–Kier alpha value is -2.02. The maximum absolute atomic E-state index is 12.0. The summed E-state index contributed by atoms with van der Waals surface area (Å²) in [6, 6.07) is 7.43. The zero-order valence-electron chi connectivity index (χ0n) is 13.4. The minimum Gasteiger partial charge on any atom is -0.326 e. The molecule has 0 unspecified atom stereocenters. The summed E-state index contributed by atoms with van der Waals surface area (Å²) in [6.07, 6.45) is 7.60. The molecule has 0 aliphatic heterocycles. The third-order valence-corrected chi connectivity index (χ3v) is 3.88. The molecule has 0 radical (unpaired) electrons. The summed E-state index contributed by atoms with van der Waals surface area (Å²) in [5.74, 6) is 0.0453. The van der Waals surface area contributed by atoms with Crippen molar-refractivity contribution >= 4 is 23.8 Å². The quantitative estimate of drug-likeness (QED) is 0.537. The number of tetrazole rings is 1. The van der Waals surface area contributed by atoms with Crippen molar-refractivity contribution in [3.8, 4) is 5.69 Å². The SMILES string of the molecule is CCCCCCCCC(=O)Nc1cccc(-n2[nH]nnc2=S)c1. The molecule has 1 aromatic carbocycles. The number of benzene rings is 1. The Morgan fingerprint density at radius 1 is 1.26 bits per heavy atom. The number of hydrogen-bond donors (Lipinski definition) is 2. The smallest absolute Gasteiger partial charge is 0.242 e. The lowest BCUT2D eigenvalue weighted by Crippen LogP contribution is -2.11. The molecule has 2 N–H and O–H groups in total. The largest absolute Gasteiger partial charge is 0.326 e. The van der Waals surface area contributed by atoms with Gasteiger partial charge in [-0.1, -0.05) is 55.4 Å². The van der Waals surface area contributed by atoms with Crippen LogP contribution >= 0.6 is 12.2 Å². The molecule has 0 saturated heterocycles. The van der Waals surface area contributed by atoms with E-state index in [0.29, 0.717) is 11.2 Å². The predicted octanol–water partition coefficient (Wildman–Crippen LogP) is 4.01. The number of rotatable bonds is 9. The summed E-state index contributed by atoms with van der Waals surface area (Å²) >= 11 is 5.07. The zero-order chi connectivity index (χ0) is 16.5. The van der Waals surface area contributed by atoms with Crippen molar-refractivity contribution < 1.29 is 4.79 Å². The van der Waals surface area contributed by atoms with Gasteiger partial charge in [-0.15, -0.1) is 0 Å². The molecule has 6 nitrogen and oxygen atoms in total. The van der Waals surface area contributed by atoms with Crippen LogP contribution in [-0.4, -0.2) is 26.1 Å². The van der Waals surface area contributed by atoms with E-state index in [1.807, 2.05) is 24.3 Å². The first kappa shape index (κ1) is 17.3. The lowest BCUT2D eigenvalue weighted by atomic mass is 10.1. The fraction of sp³-hybridized carbons (Fsp3) is 0.500. The van der Waals surface area contributed by atoms with E-state index in [0.717, 1.165) is 24.2 Å². The number of nitrogens with zero attached hydrogens (tertiary/aromatic N) is 3. The summed E-state index contributed by atoms with van der Waals surface area (Å²) in [5.41, 5.74) is 1.53. The van der Waals surface area contributed by atoms with Crippen LogP contribution < -0.4 is 5.32 Å². The Morgan fingerprint density at radius 2 is 2.04 bits per heavy atom. The summed E-state index contributed by atoms with van der Waals surface area (Å²) in [6.45, 7) is 2.20. The van der Waals surface area contributed by atoms with Crippen LogP contribution in [0.4, 0.5) is 5.69 Å². The Labute approximate surface area is 141 Å². The van der Waals surface area contributed by atoms with Gasteiger partial charge in [0.05, 0.1) is 5.69 Å². The van der Waals surface area contributed by atoms with Crippen LogP contribution in [0.25, 0.3) is 5.69 Å². The van der Waals surface area contributed by atoms with Crippen molar-refractivity contribution in [3.63, 3.8) is 0 Å². The Morgan fingerprint density at radius 3 is 2.78 bits per heavy atom. The van der Waals surface area contributed by atoms with E-state index in [-0.39, 0.29) is 5.91 Å². The van der Waals surface area contributed by atoms with E-state index >= 15 is 0 Å². The van der Waals surface area contributed by atoms with Crippen LogP contribution in [-0.2, 0) is 4.79 Å². The molecule has 23 heavy (non-hydrogen) atoms. The van der Waals surface area contributed by atoms with Gasteiger partial charge in [0.25, 0.3) is 0 Å². The number of anilines is 1. The molecule has 0 aliphatic carbocycles. The average molecular weight is 333 g/mol. The summed E-state index contributed by atoms with van der Waals surface area (Å²) < 4.78 is 1.93. The number of aromatic nitrogens is 4.